The summed E-state index contributed by atoms with van der Waals surface area (Å²) in [4.78, 5) is 26.3. The highest BCUT2D eigenvalue weighted by atomic mass is 35.5. The largest absolute Gasteiger partial charge is 0.325 e. The van der Waals surface area contributed by atoms with E-state index in [1.165, 1.54) is 0 Å². The zero-order valence-electron chi connectivity index (χ0n) is 15.3. The number of carbonyl (C=O) groups excluding carboxylic acids is 2. The molecule has 0 saturated carbocycles. The minimum atomic E-state index is -0.251. The number of anilines is 2. The van der Waals surface area contributed by atoms with Gasteiger partial charge in [-0.15, -0.1) is 0 Å². The summed E-state index contributed by atoms with van der Waals surface area (Å²) >= 11 is 5.97. The first-order chi connectivity index (χ1) is 12.9. The van der Waals surface area contributed by atoms with Crippen LogP contribution in [0.25, 0.3) is 0 Å². The van der Waals surface area contributed by atoms with Crippen molar-refractivity contribution in [3.63, 3.8) is 0 Å². The van der Waals surface area contributed by atoms with Crippen LogP contribution in [-0.2, 0) is 9.59 Å². The van der Waals surface area contributed by atoms with Gasteiger partial charge in [-0.05, 0) is 49.4 Å². The molecule has 0 aliphatic rings. The van der Waals surface area contributed by atoms with Crippen molar-refractivity contribution in [1.82, 2.24) is 4.90 Å². The number of hydrogen-bond donors (Lipinski definition) is 2. The van der Waals surface area contributed by atoms with Gasteiger partial charge in [0.2, 0.25) is 11.8 Å². The molecule has 2 aromatic carbocycles. The molecule has 0 unspecified atom stereocenters. The minimum Gasteiger partial charge on any atom is -0.325 e. The first-order valence-corrected chi connectivity index (χ1v) is 8.87. The van der Waals surface area contributed by atoms with E-state index >= 15 is 0 Å². The maximum atomic E-state index is 12.3. The van der Waals surface area contributed by atoms with E-state index in [0.717, 1.165) is 5.56 Å². The smallest absolute Gasteiger partial charge is 0.238 e. The van der Waals surface area contributed by atoms with E-state index in [9.17, 15) is 9.59 Å². The molecule has 7 heteroatoms. The molecule has 0 spiro atoms. The van der Waals surface area contributed by atoms with Gasteiger partial charge in [0.1, 0.15) is 0 Å². The van der Waals surface area contributed by atoms with Crippen LogP contribution in [0, 0.1) is 18.3 Å². The molecule has 0 bridgehead atoms. The van der Waals surface area contributed by atoms with E-state index in [-0.39, 0.29) is 24.9 Å². The van der Waals surface area contributed by atoms with Crippen molar-refractivity contribution < 1.29 is 9.59 Å². The maximum absolute atomic E-state index is 12.3. The minimum absolute atomic E-state index is 0.0647. The van der Waals surface area contributed by atoms with E-state index in [1.54, 1.807) is 41.3 Å². The molecule has 0 aromatic heterocycles. The molecule has 27 heavy (non-hydrogen) atoms. The quantitative estimate of drug-likeness (QED) is 0.765. The zero-order valence-corrected chi connectivity index (χ0v) is 16.0. The molecule has 6 nitrogen and oxygen atoms in total. The van der Waals surface area contributed by atoms with Gasteiger partial charge in [0.15, 0.2) is 0 Å². The molecule has 0 fully saturated rings. The SMILES string of the molecule is CCN(CC(=O)Nc1cccc(C#N)c1)CC(=O)Nc1cc(Cl)ccc1C. The average molecular weight is 385 g/mol. The second-order valence-corrected chi connectivity index (χ2v) is 6.49. The summed E-state index contributed by atoms with van der Waals surface area (Å²) in [6, 6.07) is 14.0. The molecule has 0 atom stereocenters. The normalized spacial score (nSPS) is 10.3. The van der Waals surface area contributed by atoms with Crippen molar-refractivity contribution in [1.29, 1.82) is 5.26 Å². The molecule has 2 N–H and O–H groups in total. The number of benzene rings is 2. The highest BCUT2D eigenvalue weighted by Crippen LogP contribution is 2.20. The van der Waals surface area contributed by atoms with Gasteiger partial charge < -0.3 is 10.6 Å². The summed E-state index contributed by atoms with van der Waals surface area (Å²) in [6.07, 6.45) is 0. The van der Waals surface area contributed by atoms with Crippen LogP contribution in [0.5, 0.6) is 0 Å². The van der Waals surface area contributed by atoms with Gasteiger partial charge in [-0.3, -0.25) is 14.5 Å². The molecule has 0 radical (unpaired) electrons. The van der Waals surface area contributed by atoms with Gasteiger partial charge in [0, 0.05) is 16.4 Å². The first kappa shape index (κ1) is 20.4. The highest BCUT2D eigenvalue weighted by Gasteiger charge is 2.14. The summed E-state index contributed by atoms with van der Waals surface area (Å²) < 4.78 is 0. The number of amides is 2. The number of nitriles is 1. The molecule has 140 valence electrons. The van der Waals surface area contributed by atoms with Gasteiger partial charge in [-0.25, -0.2) is 0 Å². The van der Waals surface area contributed by atoms with E-state index in [4.69, 9.17) is 16.9 Å². The predicted octanol–water partition coefficient (Wildman–Crippen LogP) is 3.42. The molecule has 0 aliphatic heterocycles. The molecular weight excluding hydrogens is 364 g/mol. The molecule has 2 amide bonds. The van der Waals surface area contributed by atoms with Gasteiger partial charge >= 0.3 is 0 Å². The lowest BCUT2D eigenvalue weighted by molar-refractivity contribution is -0.119. The fraction of sp³-hybridized carbons (Fsp3) is 0.250. The van der Waals surface area contributed by atoms with Crippen LogP contribution in [0.3, 0.4) is 0 Å². The van der Waals surface area contributed by atoms with Crippen molar-refractivity contribution in [3.8, 4) is 6.07 Å². The van der Waals surface area contributed by atoms with Crippen molar-refractivity contribution in [2.24, 2.45) is 0 Å². The van der Waals surface area contributed by atoms with Crippen LogP contribution in [0.15, 0.2) is 42.5 Å². The summed E-state index contributed by atoms with van der Waals surface area (Å²) in [5.41, 5.74) is 2.58. The van der Waals surface area contributed by atoms with Crippen LogP contribution >= 0.6 is 11.6 Å². The summed E-state index contributed by atoms with van der Waals surface area (Å²) in [5, 5.41) is 15.0. The number of likely N-dealkylation sites (N-methyl/N-ethyl adjacent to an activating group) is 1. The van der Waals surface area contributed by atoms with E-state index in [2.05, 4.69) is 10.6 Å². The topological polar surface area (TPSA) is 85.2 Å². The van der Waals surface area contributed by atoms with Crippen molar-refractivity contribution >= 4 is 34.8 Å². The summed E-state index contributed by atoms with van der Waals surface area (Å²) in [6.45, 7) is 4.44. The van der Waals surface area contributed by atoms with Crippen LogP contribution in [0.2, 0.25) is 5.02 Å². The Morgan fingerprint density at radius 1 is 1.11 bits per heavy atom. The monoisotopic (exact) mass is 384 g/mol. The Kier molecular flexibility index (Phi) is 7.35. The lowest BCUT2D eigenvalue weighted by Crippen LogP contribution is -2.38. The Hall–Kier alpha value is -2.88. The summed E-state index contributed by atoms with van der Waals surface area (Å²) in [7, 11) is 0. The van der Waals surface area contributed by atoms with Crippen molar-refractivity contribution in [3.05, 3.63) is 58.6 Å². The van der Waals surface area contributed by atoms with Gasteiger partial charge in [0.25, 0.3) is 0 Å². The third-order valence-corrected chi connectivity index (χ3v) is 4.17. The fourth-order valence-electron chi connectivity index (χ4n) is 2.47. The van der Waals surface area contributed by atoms with Crippen molar-refractivity contribution in [2.45, 2.75) is 13.8 Å². The molecule has 0 aliphatic carbocycles. The maximum Gasteiger partial charge on any atom is 0.238 e. The van der Waals surface area contributed by atoms with Crippen LogP contribution < -0.4 is 10.6 Å². The van der Waals surface area contributed by atoms with E-state index in [0.29, 0.717) is 28.5 Å². The highest BCUT2D eigenvalue weighted by molar-refractivity contribution is 6.31. The Morgan fingerprint density at radius 3 is 2.48 bits per heavy atom. The van der Waals surface area contributed by atoms with Gasteiger partial charge in [-0.2, -0.15) is 5.26 Å². The number of aryl methyl sites for hydroxylation is 1. The lowest BCUT2D eigenvalue weighted by Gasteiger charge is -2.20. The Morgan fingerprint density at radius 2 is 1.81 bits per heavy atom. The second kappa shape index (κ2) is 9.72. The number of carbonyl (C=O) groups is 2. The van der Waals surface area contributed by atoms with E-state index < -0.39 is 0 Å². The Labute approximate surface area is 163 Å². The number of nitrogens with one attached hydrogen (secondary N) is 2. The van der Waals surface area contributed by atoms with Gasteiger partial charge in [-0.1, -0.05) is 30.7 Å². The third-order valence-electron chi connectivity index (χ3n) is 3.93. The second-order valence-electron chi connectivity index (χ2n) is 6.05. The molecule has 2 aromatic rings. The average Bonchev–Trinajstić information content (AvgIpc) is 2.64. The standard InChI is InChI=1S/C20H21ClN4O2/c1-3-25(12-19(26)23-17-6-4-5-15(9-17)11-22)13-20(27)24-18-10-16(21)8-7-14(18)2/h4-10H,3,12-13H2,1-2H3,(H,23,26)(H,24,27). The Bertz CT molecular complexity index is 877. The fourth-order valence-corrected chi connectivity index (χ4v) is 2.64. The van der Waals surface area contributed by atoms with Crippen LogP contribution in [0.4, 0.5) is 11.4 Å². The predicted molar refractivity (Wildman–Crippen MR) is 107 cm³/mol. The number of hydrogen-bond acceptors (Lipinski definition) is 4. The number of rotatable bonds is 7. The molecule has 0 heterocycles. The van der Waals surface area contributed by atoms with Crippen LogP contribution in [0.1, 0.15) is 18.1 Å². The van der Waals surface area contributed by atoms with E-state index in [1.807, 2.05) is 26.0 Å². The Balaban J connectivity index is 1.92. The summed E-state index contributed by atoms with van der Waals surface area (Å²) in [5.74, 6) is -0.472. The van der Waals surface area contributed by atoms with Crippen molar-refractivity contribution in [2.75, 3.05) is 30.3 Å². The molecule has 2 rings (SSSR count). The first-order valence-electron chi connectivity index (χ1n) is 8.49. The zero-order chi connectivity index (χ0) is 19.8. The number of nitrogens with zero attached hydrogens (tertiary/aromatic N) is 2. The van der Waals surface area contributed by atoms with Crippen LogP contribution in [-0.4, -0.2) is 36.3 Å². The third kappa shape index (κ3) is 6.41. The lowest BCUT2D eigenvalue weighted by atomic mass is 10.2. The molecule has 0 saturated heterocycles. The molecular formula is C20H21ClN4O2. The number of halogens is 1. The van der Waals surface area contributed by atoms with Gasteiger partial charge in [0.05, 0.1) is 24.7 Å².